The van der Waals surface area contributed by atoms with Crippen molar-refractivity contribution in [3.8, 4) is 5.75 Å². The zero-order valence-electron chi connectivity index (χ0n) is 19.8. The SMILES string of the molecule is CCOC(=O)COc1ccc2[nH]cc(C(=O)N3CCN(c4ncccc4NC(C)C)CC3)c2c1. The van der Waals surface area contributed by atoms with Crippen LogP contribution in [-0.2, 0) is 9.53 Å². The first-order valence-electron chi connectivity index (χ1n) is 11.6. The van der Waals surface area contributed by atoms with Crippen molar-refractivity contribution in [3.05, 3.63) is 48.3 Å². The fraction of sp³-hybridized carbons (Fsp3) is 0.400. The van der Waals surface area contributed by atoms with Crippen LogP contribution >= 0.6 is 0 Å². The van der Waals surface area contributed by atoms with E-state index in [9.17, 15) is 9.59 Å². The topological polar surface area (TPSA) is 99.8 Å². The van der Waals surface area contributed by atoms with Gasteiger partial charge in [-0.1, -0.05) is 0 Å². The molecule has 9 heteroatoms. The van der Waals surface area contributed by atoms with E-state index in [0.717, 1.165) is 22.4 Å². The van der Waals surface area contributed by atoms with Crippen molar-refractivity contribution < 1.29 is 19.1 Å². The van der Waals surface area contributed by atoms with Crippen LogP contribution in [0.15, 0.2) is 42.7 Å². The summed E-state index contributed by atoms with van der Waals surface area (Å²) in [7, 11) is 0. The first-order chi connectivity index (χ1) is 16.5. The summed E-state index contributed by atoms with van der Waals surface area (Å²) in [6.07, 6.45) is 3.53. The molecular weight excluding hydrogens is 434 g/mol. The molecule has 34 heavy (non-hydrogen) atoms. The number of carbonyl (C=O) groups is 2. The molecule has 1 fully saturated rings. The zero-order chi connectivity index (χ0) is 24.1. The minimum Gasteiger partial charge on any atom is -0.482 e. The first kappa shape index (κ1) is 23.4. The molecule has 0 unspecified atom stereocenters. The van der Waals surface area contributed by atoms with Gasteiger partial charge in [0.15, 0.2) is 12.4 Å². The summed E-state index contributed by atoms with van der Waals surface area (Å²) in [6, 6.07) is 9.66. The van der Waals surface area contributed by atoms with E-state index in [1.807, 2.05) is 23.1 Å². The molecule has 2 N–H and O–H groups in total. The van der Waals surface area contributed by atoms with Gasteiger partial charge < -0.3 is 29.6 Å². The van der Waals surface area contributed by atoms with E-state index in [0.29, 0.717) is 50.1 Å². The van der Waals surface area contributed by atoms with Crippen LogP contribution in [0.2, 0.25) is 0 Å². The lowest BCUT2D eigenvalue weighted by molar-refractivity contribution is -0.145. The molecular formula is C25H31N5O4. The van der Waals surface area contributed by atoms with E-state index in [1.165, 1.54) is 0 Å². The standard InChI is InChI=1S/C25H31N5O4/c1-4-33-23(31)16-34-18-7-8-21-19(14-18)20(15-27-21)25(32)30-12-10-29(11-13-30)24-22(28-17(2)3)6-5-9-26-24/h5-9,14-15,17,27-28H,4,10-13,16H2,1-3H3. The van der Waals surface area contributed by atoms with Crippen LogP contribution in [0, 0.1) is 0 Å². The van der Waals surface area contributed by atoms with Crippen LogP contribution in [0.5, 0.6) is 5.75 Å². The summed E-state index contributed by atoms with van der Waals surface area (Å²) >= 11 is 0. The van der Waals surface area contributed by atoms with Crippen molar-refractivity contribution >= 4 is 34.3 Å². The smallest absolute Gasteiger partial charge is 0.344 e. The second-order valence-electron chi connectivity index (χ2n) is 8.46. The van der Waals surface area contributed by atoms with E-state index in [1.54, 1.807) is 31.5 Å². The van der Waals surface area contributed by atoms with Gasteiger partial charge in [-0.05, 0) is 51.1 Å². The van der Waals surface area contributed by atoms with Crippen LogP contribution in [-0.4, -0.2) is 72.2 Å². The van der Waals surface area contributed by atoms with Gasteiger partial charge in [-0.15, -0.1) is 0 Å². The molecule has 0 atom stereocenters. The van der Waals surface area contributed by atoms with E-state index in [2.05, 4.69) is 34.0 Å². The van der Waals surface area contributed by atoms with E-state index in [4.69, 9.17) is 9.47 Å². The first-order valence-corrected chi connectivity index (χ1v) is 11.6. The van der Waals surface area contributed by atoms with E-state index in [-0.39, 0.29) is 12.5 Å². The number of fused-ring (bicyclic) bond motifs is 1. The van der Waals surface area contributed by atoms with Gasteiger partial charge in [0.05, 0.1) is 17.9 Å². The van der Waals surface area contributed by atoms with Gasteiger partial charge in [-0.25, -0.2) is 9.78 Å². The number of piperazine rings is 1. The molecule has 1 aliphatic heterocycles. The Morgan fingerprint density at radius 3 is 2.71 bits per heavy atom. The number of aromatic amines is 1. The maximum atomic E-state index is 13.3. The lowest BCUT2D eigenvalue weighted by atomic mass is 10.1. The summed E-state index contributed by atoms with van der Waals surface area (Å²) in [5.41, 5.74) is 2.43. The number of nitrogens with one attached hydrogen (secondary N) is 2. The molecule has 9 nitrogen and oxygen atoms in total. The van der Waals surface area contributed by atoms with E-state index >= 15 is 0 Å². The Hall–Kier alpha value is -3.75. The molecule has 0 radical (unpaired) electrons. The Balaban J connectivity index is 1.44. The number of amides is 1. The third-order valence-corrected chi connectivity index (χ3v) is 5.64. The molecule has 1 amide bonds. The number of anilines is 2. The fourth-order valence-corrected chi connectivity index (χ4v) is 4.08. The van der Waals surface area contributed by atoms with Crippen LogP contribution in [0.3, 0.4) is 0 Å². The third kappa shape index (κ3) is 5.24. The summed E-state index contributed by atoms with van der Waals surface area (Å²) in [5, 5.41) is 4.21. The van der Waals surface area contributed by atoms with Crippen molar-refractivity contribution in [3.63, 3.8) is 0 Å². The van der Waals surface area contributed by atoms with Gasteiger partial charge >= 0.3 is 5.97 Å². The number of ether oxygens (including phenoxy) is 2. The predicted molar refractivity (Wildman–Crippen MR) is 132 cm³/mol. The summed E-state index contributed by atoms with van der Waals surface area (Å²) in [5.74, 6) is 0.971. The van der Waals surface area contributed by atoms with Crippen LogP contribution < -0.4 is 15.0 Å². The molecule has 1 aromatic carbocycles. The number of nitrogens with zero attached hydrogens (tertiary/aromatic N) is 3. The van der Waals surface area contributed by atoms with Crippen molar-refractivity contribution in [1.29, 1.82) is 0 Å². The molecule has 0 spiro atoms. The maximum Gasteiger partial charge on any atom is 0.344 e. The Morgan fingerprint density at radius 1 is 1.18 bits per heavy atom. The molecule has 3 heterocycles. The quantitative estimate of drug-likeness (QED) is 0.493. The molecule has 4 rings (SSSR count). The number of carbonyl (C=O) groups excluding carboxylic acids is 2. The number of benzene rings is 1. The molecule has 180 valence electrons. The number of hydrogen-bond donors (Lipinski definition) is 2. The van der Waals surface area contributed by atoms with Gasteiger partial charge in [-0.2, -0.15) is 0 Å². The van der Waals surface area contributed by atoms with Crippen LogP contribution in [0.1, 0.15) is 31.1 Å². The van der Waals surface area contributed by atoms with Crippen molar-refractivity contribution in [2.75, 3.05) is 49.6 Å². The van der Waals surface area contributed by atoms with E-state index < -0.39 is 5.97 Å². The van der Waals surface area contributed by atoms with Gasteiger partial charge in [0, 0.05) is 55.5 Å². The molecule has 0 aliphatic carbocycles. The summed E-state index contributed by atoms with van der Waals surface area (Å²) < 4.78 is 10.4. The van der Waals surface area contributed by atoms with Gasteiger partial charge in [0.25, 0.3) is 5.91 Å². The highest BCUT2D eigenvalue weighted by atomic mass is 16.6. The molecule has 0 bridgehead atoms. The average molecular weight is 466 g/mol. The highest BCUT2D eigenvalue weighted by molar-refractivity contribution is 6.07. The number of rotatable bonds is 8. The molecule has 3 aromatic rings. The average Bonchev–Trinajstić information content (AvgIpc) is 3.26. The van der Waals surface area contributed by atoms with Crippen molar-refractivity contribution in [2.45, 2.75) is 26.8 Å². The molecule has 1 saturated heterocycles. The number of H-pyrrole nitrogens is 1. The number of esters is 1. The van der Waals surface area contributed by atoms with Gasteiger partial charge in [-0.3, -0.25) is 4.79 Å². The molecule has 0 saturated carbocycles. The molecule has 2 aromatic heterocycles. The van der Waals surface area contributed by atoms with Crippen LogP contribution in [0.25, 0.3) is 10.9 Å². The van der Waals surface area contributed by atoms with Gasteiger partial charge in [0.2, 0.25) is 0 Å². The normalized spacial score (nSPS) is 13.9. The number of hydrogen-bond acceptors (Lipinski definition) is 7. The highest BCUT2D eigenvalue weighted by Gasteiger charge is 2.26. The lowest BCUT2D eigenvalue weighted by Gasteiger charge is -2.36. The Bertz CT molecular complexity index is 1150. The molecule has 1 aliphatic rings. The summed E-state index contributed by atoms with van der Waals surface area (Å²) in [6.45, 7) is 8.68. The largest absolute Gasteiger partial charge is 0.482 e. The second-order valence-corrected chi connectivity index (χ2v) is 8.46. The predicted octanol–water partition coefficient (Wildman–Crippen LogP) is 3.29. The lowest BCUT2D eigenvalue weighted by Crippen LogP contribution is -2.49. The van der Waals surface area contributed by atoms with Gasteiger partial charge in [0.1, 0.15) is 5.75 Å². The number of aromatic nitrogens is 2. The third-order valence-electron chi connectivity index (χ3n) is 5.64. The Labute approximate surface area is 199 Å². The summed E-state index contributed by atoms with van der Waals surface area (Å²) in [4.78, 5) is 36.7. The Morgan fingerprint density at radius 2 is 1.97 bits per heavy atom. The number of pyridine rings is 1. The van der Waals surface area contributed by atoms with Crippen molar-refractivity contribution in [2.24, 2.45) is 0 Å². The highest BCUT2D eigenvalue weighted by Crippen LogP contribution is 2.27. The van der Waals surface area contributed by atoms with Crippen molar-refractivity contribution in [1.82, 2.24) is 14.9 Å². The minimum atomic E-state index is -0.425. The maximum absolute atomic E-state index is 13.3. The monoisotopic (exact) mass is 465 g/mol. The Kier molecular flexibility index (Phi) is 7.20. The second kappa shape index (κ2) is 10.5. The fourth-order valence-electron chi connectivity index (χ4n) is 4.08. The minimum absolute atomic E-state index is 0.0324. The van der Waals surface area contributed by atoms with Crippen LogP contribution in [0.4, 0.5) is 11.5 Å². The zero-order valence-corrected chi connectivity index (χ0v) is 19.8.